The molecule has 4 atom stereocenters. The summed E-state index contributed by atoms with van der Waals surface area (Å²) in [6, 6.07) is 29.4. The lowest BCUT2D eigenvalue weighted by molar-refractivity contribution is -0.0917. The molecule has 1 aliphatic rings. The van der Waals surface area contributed by atoms with Crippen LogP contribution in [0.15, 0.2) is 107 Å². The summed E-state index contributed by atoms with van der Waals surface area (Å²) in [5, 5.41) is 7.01. The van der Waals surface area contributed by atoms with Crippen molar-refractivity contribution in [2.45, 2.75) is 44.4 Å². The number of ether oxygens (including phenoxy) is 4. The summed E-state index contributed by atoms with van der Waals surface area (Å²) in [4.78, 5) is 28.0. The van der Waals surface area contributed by atoms with Crippen LogP contribution in [-0.2, 0) is 38.8 Å². The van der Waals surface area contributed by atoms with Gasteiger partial charge in [-0.15, -0.1) is 0 Å². The summed E-state index contributed by atoms with van der Waals surface area (Å²) in [6.45, 7) is 1.15. The minimum Gasteiger partial charge on any atom is -0.374 e. The first-order chi connectivity index (χ1) is 20.2. The zero-order valence-corrected chi connectivity index (χ0v) is 22.2. The molecule has 0 amide bonds. The van der Waals surface area contributed by atoms with Gasteiger partial charge >= 0.3 is 5.69 Å². The third-order valence-electron chi connectivity index (χ3n) is 7.05. The molecule has 1 fully saturated rings. The standard InChI is InChI=1S/C31H30N4O6/c36-29-24-16-32-34-28(24)35(31(37)33-29)30-27(40-19-23-14-8-3-9-15-23)26(39-18-22-12-6-2-7-13-22)25(41-30)20-38-17-21-10-4-1-5-11-21/h1-16,25-27,30H,17-20H2,(H,32,34)(H,33,36,37)/t25-,26-,27+,30-/m1/s1. The maximum atomic E-state index is 13.2. The lowest BCUT2D eigenvalue weighted by Crippen LogP contribution is -2.41. The Morgan fingerprint density at radius 2 is 1.32 bits per heavy atom. The molecule has 210 valence electrons. The van der Waals surface area contributed by atoms with Gasteiger partial charge in [-0.3, -0.25) is 14.9 Å². The molecular formula is C31H30N4O6. The highest BCUT2D eigenvalue weighted by Gasteiger charge is 2.48. The van der Waals surface area contributed by atoms with Crippen molar-refractivity contribution in [2.75, 3.05) is 6.61 Å². The largest absolute Gasteiger partial charge is 0.374 e. The van der Waals surface area contributed by atoms with E-state index in [1.807, 2.05) is 91.0 Å². The first-order valence-electron chi connectivity index (χ1n) is 13.4. The fraction of sp³-hybridized carbons (Fsp3) is 0.258. The lowest BCUT2D eigenvalue weighted by atomic mass is 10.1. The van der Waals surface area contributed by atoms with Crippen LogP contribution < -0.4 is 11.2 Å². The van der Waals surface area contributed by atoms with Crippen LogP contribution in [0.1, 0.15) is 22.9 Å². The van der Waals surface area contributed by atoms with Gasteiger partial charge < -0.3 is 18.9 Å². The molecule has 0 saturated carbocycles. The van der Waals surface area contributed by atoms with E-state index in [-0.39, 0.29) is 24.2 Å². The molecule has 2 aromatic heterocycles. The average molecular weight is 555 g/mol. The second kappa shape index (κ2) is 12.4. The number of rotatable bonds is 11. The fourth-order valence-electron chi connectivity index (χ4n) is 5.03. The normalized spacial score (nSPS) is 20.5. The van der Waals surface area contributed by atoms with E-state index < -0.39 is 35.8 Å². The molecule has 41 heavy (non-hydrogen) atoms. The molecule has 1 aliphatic heterocycles. The van der Waals surface area contributed by atoms with Gasteiger partial charge in [0.2, 0.25) is 0 Å². The van der Waals surface area contributed by atoms with Crippen molar-refractivity contribution in [2.24, 2.45) is 0 Å². The molecule has 0 spiro atoms. The molecule has 10 nitrogen and oxygen atoms in total. The predicted octanol–water partition coefficient (Wildman–Crippen LogP) is 3.70. The minimum atomic E-state index is -0.933. The Morgan fingerprint density at radius 1 is 0.756 bits per heavy atom. The number of nitrogens with one attached hydrogen (secondary N) is 2. The molecule has 10 heteroatoms. The fourth-order valence-corrected chi connectivity index (χ4v) is 5.03. The molecule has 3 aromatic carbocycles. The maximum absolute atomic E-state index is 13.2. The van der Waals surface area contributed by atoms with Crippen molar-refractivity contribution in [3.8, 4) is 0 Å². The number of fused-ring (bicyclic) bond motifs is 1. The van der Waals surface area contributed by atoms with E-state index in [1.165, 1.54) is 10.8 Å². The molecule has 0 radical (unpaired) electrons. The topological polar surface area (TPSA) is 120 Å². The van der Waals surface area contributed by atoms with Gasteiger partial charge in [0, 0.05) is 0 Å². The third kappa shape index (κ3) is 6.06. The summed E-state index contributed by atoms with van der Waals surface area (Å²) in [5.41, 5.74) is 2.03. The molecular weight excluding hydrogens is 524 g/mol. The van der Waals surface area contributed by atoms with Crippen molar-refractivity contribution >= 4 is 11.0 Å². The maximum Gasteiger partial charge on any atom is 0.332 e. The highest BCUT2D eigenvalue weighted by molar-refractivity contribution is 5.72. The van der Waals surface area contributed by atoms with Gasteiger partial charge in [-0.1, -0.05) is 91.0 Å². The summed E-state index contributed by atoms with van der Waals surface area (Å²) in [6.07, 6.45) is -1.46. The number of H-pyrrole nitrogens is 2. The van der Waals surface area contributed by atoms with Gasteiger partial charge in [0.05, 0.1) is 32.6 Å². The van der Waals surface area contributed by atoms with Gasteiger partial charge in [-0.05, 0) is 16.7 Å². The summed E-state index contributed by atoms with van der Waals surface area (Å²) in [5.74, 6) is 0. The monoisotopic (exact) mass is 554 g/mol. The van der Waals surface area contributed by atoms with E-state index in [4.69, 9.17) is 18.9 Å². The number of hydrogen-bond donors (Lipinski definition) is 2. The van der Waals surface area contributed by atoms with Gasteiger partial charge in [-0.2, -0.15) is 5.10 Å². The smallest absolute Gasteiger partial charge is 0.332 e. The van der Waals surface area contributed by atoms with E-state index in [2.05, 4.69) is 15.2 Å². The summed E-state index contributed by atoms with van der Waals surface area (Å²) >= 11 is 0. The van der Waals surface area contributed by atoms with Gasteiger partial charge in [0.25, 0.3) is 5.56 Å². The molecule has 2 N–H and O–H groups in total. The molecule has 5 aromatic rings. The van der Waals surface area contributed by atoms with Crippen molar-refractivity contribution in [1.29, 1.82) is 0 Å². The summed E-state index contributed by atoms with van der Waals surface area (Å²) in [7, 11) is 0. The van der Waals surface area contributed by atoms with Gasteiger partial charge in [0.1, 0.15) is 29.3 Å². The highest BCUT2D eigenvalue weighted by Crippen LogP contribution is 2.35. The number of nitrogens with zero attached hydrogens (tertiary/aromatic N) is 2. The van der Waals surface area contributed by atoms with Crippen LogP contribution in [0.2, 0.25) is 0 Å². The number of benzene rings is 3. The Kier molecular flexibility index (Phi) is 8.15. The second-order valence-electron chi connectivity index (χ2n) is 9.85. The number of aromatic amines is 2. The molecule has 0 bridgehead atoms. The Balaban J connectivity index is 1.34. The molecule has 0 unspecified atom stereocenters. The van der Waals surface area contributed by atoms with Crippen molar-refractivity contribution in [1.82, 2.24) is 19.7 Å². The Bertz CT molecular complexity index is 1670. The number of aromatic nitrogens is 4. The summed E-state index contributed by atoms with van der Waals surface area (Å²) < 4.78 is 26.9. The van der Waals surface area contributed by atoms with E-state index in [1.54, 1.807) is 0 Å². The van der Waals surface area contributed by atoms with Crippen LogP contribution in [0, 0.1) is 0 Å². The quantitative estimate of drug-likeness (QED) is 0.255. The lowest BCUT2D eigenvalue weighted by Gasteiger charge is -2.26. The van der Waals surface area contributed by atoms with Crippen LogP contribution in [0.5, 0.6) is 0 Å². The first kappa shape index (κ1) is 26.9. The minimum absolute atomic E-state index is 0.195. The van der Waals surface area contributed by atoms with Crippen LogP contribution in [0.25, 0.3) is 11.0 Å². The third-order valence-corrected chi connectivity index (χ3v) is 7.05. The van der Waals surface area contributed by atoms with E-state index in [0.717, 1.165) is 16.7 Å². The van der Waals surface area contributed by atoms with Crippen LogP contribution in [0.3, 0.4) is 0 Å². The molecule has 0 aliphatic carbocycles. The molecule has 1 saturated heterocycles. The second-order valence-corrected chi connectivity index (χ2v) is 9.85. The Labute approximate surface area is 235 Å². The van der Waals surface area contributed by atoms with E-state index >= 15 is 0 Å². The average Bonchev–Trinajstić information content (AvgIpc) is 3.62. The van der Waals surface area contributed by atoms with Crippen LogP contribution in [0.4, 0.5) is 0 Å². The van der Waals surface area contributed by atoms with Crippen molar-refractivity contribution in [3.63, 3.8) is 0 Å². The Hall–Kier alpha value is -4.35. The van der Waals surface area contributed by atoms with Crippen LogP contribution in [-0.4, -0.2) is 44.7 Å². The van der Waals surface area contributed by atoms with Crippen molar-refractivity contribution in [3.05, 3.63) is 135 Å². The Morgan fingerprint density at radius 3 is 1.93 bits per heavy atom. The van der Waals surface area contributed by atoms with E-state index in [0.29, 0.717) is 13.2 Å². The van der Waals surface area contributed by atoms with Crippen molar-refractivity contribution < 1.29 is 18.9 Å². The molecule has 3 heterocycles. The molecule has 6 rings (SSSR count). The first-order valence-corrected chi connectivity index (χ1v) is 13.4. The zero-order valence-electron chi connectivity index (χ0n) is 22.2. The SMILES string of the molecule is O=c1[nH]c(=O)n([C@@H]2O[C@H](COCc3ccccc3)[C@@H](OCc3ccccc3)[C@@H]2OCc2ccccc2)c2[nH]ncc12. The highest BCUT2D eigenvalue weighted by atomic mass is 16.6. The van der Waals surface area contributed by atoms with E-state index in [9.17, 15) is 9.59 Å². The number of hydrogen-bond acceptors (Lipinski definition) is 7. The van der Waals surface area contributed by atoms with Gasteiger partial charge in [0.15, 0.2) is 6.23 Å². The predicted molar refractivity (Wildman–Crippen MR) is 151 cm³/mol. The van der Waals surface area contributed by atoms with Gasteiger partial charge in [-0.25, -0.2) is 9.36 Å². The van der Waals surface area contributed by atoms with Crippen LogP contribution >= 0.6 is 0 Å². The zero-order chi connectivity index (χ0) is 28.0.